The fourth-order valence-electron chi connectivity index (χ4n) is 4.00. The summed E-state index contributed by atoms with van der Waals surface area (Å²) in [6.07, 6.45) is 0. The number of hydrogen-bond acceptors (Lipinski definition) is 9. The molecule has 198 valence electrons. The fourth-order valence-corrected chi connectivity index (χ4v) is 4.00. The minimum absolute atomic E-state index is 0.204. The first-order valence-electron chi connectivity index (χ1n) is 12.4. The molecule has 10 heteroatoms. The Bertz CT molecular complexity index is 1780. The van der Waals surface area contributed by atoms with Gasteiger partial charge in [-0.25, -0.2) is 0 Å². The molecule has 10 nitrogen and oxygen atoms in total. The number of carbonyl (C=O) groups is 1. The van der Waals surface area contributed by atoms with Crippen LogP contribution in [0.2, 0.25) is 0 Å². The first kappa shape index (κ1) is 26.1. The molecule has 0 aliphatic heterocycles. The van der Waals surface area contributed by atoms with E-state index in [0.717, 1.165) is 33.3 Å². The van der Waals surface area contributed by atoms with Crippen LogP contribution >= 0.6 is 0 Å². The zero-order valence-electron chi connectivity index (χ0n) is 22.0. The molecular weight excluding hydrogens is 506 g/mol. The Morgan fingerprint density at radius 1 is 0.700 bits per heavy atom. The molecule has 1 heterocycles. The van der Waals surface area contributed by atoms with Crippen molar-refractivity contribution in [2.45, 2.75) is 20.8 Å². The van der Waals surface area contributed by atoms with Gasteiger partial charge in [0, 0.05) is 11.3 Å². The number of benzene rings is 4. The third kappa shape index (κ3) is 5.81. The molecule has 5 rings (SSSR count). The second-order valence-corrected chi connectivity index (χ2v) is 9.15. The number of azo groups is 2. The van der Waals surface area contributed by atoms with Gasteiger partial charge in [-0.05, 0) is 91.2 Å². The average Bonchev–Trinajstić information content (AvgIpc) is 2.93. The lowest BCUT2D eigenvalue weighted by Crippen LogP contribution is -2.12. The monoisotopic (exact) mass is 531 g/mol. The largest absolute Gasteiger partial charge is 0.492 e. The second kappa shape index (κ2) is 11.1. The van der Waals surface area contributed by atoms with E-state index in [2.05, 4.69) is 41.8 Å². The fraction of sp³-hybridized carbons (Fsp3) is 0.100. The molecule has 0 fully saturated rings. The van der Waals surface area contributed by atoms with Gasteiger partial charge < -0.3 is 15.5 Å². The Labute approximate surface area is 229 Å². The summed E-state index contributed by atoms with van der Waals surface area (Å²) in [7, 11) is 0. The van der Waals surface area contributed by atoms with Gasteiger partial charge in [-0.2, -0.15) is 25.3 Å². The van der Waals surface area contributed by atoms with E-state index < -0.39 is 11.8 Å². The van der Waals surface area contributed by atoms with Crippen molar-refractivity contribution in [3.8, 4) is 11.8 Å². The van der Waals surface area contributed by atoms with Crippen molar-refractivity contribution in [3.63, 3.8) is 0 Å². The van der Waals surface area contributed by atoms with Crippen LogP contribution in [-0.2, 0) is 0 Å². The van der Waals surface area contributed by atoms with Gasteiger partial charge in [0.15, 0.2) is 0 Å². The molecule has 0 unspecified atom stereocenters. The summed E-state index contributed by atoms with van der Waals surface area (Å²) in [5.41, 5.74) is 4.44. The average molecular weight is 532 g/mol. The Balaban J connectivity index is 1.27. The molecule has 0 saturated heterocycles. The molecule has 0 aliphatic rings. The number of fused-ring (bicyclic) bond motifs is 1. The summed E-state index contributed by atoms with van der Waals surface area (Å²) >= 11 is 0. The van der Waals surface area contributed by atoms with E-state index >= 15 is 0 Å². The van der Waals surface area contributed by atoms with E-state index in [1.165, 1.54) is 6.92 Å². The molecule has 1 aromatic heterocycles. The van der Waals surface area contributed by atoms with E-state index in [0.29, 0.717) is 16.9 Å². The lowest BCUT2D eigenvalue weighted by molar-refractivity contribution is 0.102. The predicted molar refractivity (Wildman–Crippen MR) is 153 cm³/mol. The molecule has 0 bridgehead atoms. The second-order valence-electron chi connectivity index (χ2n) is 9.15. The van der Waals surface area contributed by atoms with Crippen LogP contribution in [0, 0.1) is 20.8 Å². The Hall–Kier alpha value is -5.51. The molecule has 1 amide bonds. The number of nitrogens with zero attached hydrogens (tertiary/aromatic N) is 6. The minimum atomic E-state index is -0.475. The van der Waals surface area contributed by atoms with E-state index in [9.17, 15) is 15.0 Å². The molecular formula is C30H25N7O3. The molecule has 0 radical (unpaired) electrons. The van der Waals surface area contributed by atoms with Crippen LogP contribution in [0.5, 0.6) is 11.8 Å². The van der Waals surface area contributed by atoms with Gasteiger partial charge in [-0.3, -0.25) is 4.79 Å². The minimum Gasteiger partial charge on any atom is -0.492 e. The van der Waals surface area contributed by atoms with Crippen molar-refractivity contribution in [3.05, 3.63) is 101 Å². The van der Waals surface area contributed by atoms with Gasteiger partial charge in [-0.1, -0.05) is 30.3 Å². The maximum absolute atomic E-state index is 12.9. The molecule has 5 aromatic rings. The number of nitrogens with one attached hydrogen (secondary N) is 1. The predicted octanol–water partition coefficient (Wildman–Crippen LogP) is 8.05. The number of aromatic nitrogens is 2. The number of anilines is 1. The molecule has 0 saturated carbocycles. The maximum atomic E-state index is 12.9. The van der Waals surface area contributed by atoms with Crippen molar-refractivity contribution >= 4 is 45.1 Å². The Morgan fingerprint density at radius 3 is 2.08 bits per heavy atom. The number of hydrogen-bond donors (Lipinski definition) is 3. The smallest absolute Gasteiger partial charge is 0.255 e. The van der Waals surface area contributed by atoms with Crippen molar-refractivity contribution in [2.24, 2.45) is 20.5 Å². The van der Waals surface area contributed by atoms with E-state index in [1.807, 2.05) is 62.4 Å². The zero-order chi connectivity index (χ0) is 28.2. The zero-order valence-corrected chi connectivity index (χ0v) is 22.0. The topological polar surface area (TPSA) is 145 Å². The van der Waals surface area contributed by atoms with Crippen molar-refractivity contribution in [1.29, 1.82) is 0 Å². The first-order chi connectivity index (χ1) is 19.3. The van der Waals surface area contributed by atoms with Crippen molar-refractivity contribution in [2.75, 3.05) is 5.32 Å². The summed E-state index contributed by atoms with van der Waals surface area (Å²) in [5.74, 6) is -1.04. The van der Waals surface area contributed by atoms with Gasteiger partial charge in [0.25, 0.3) is 5.91 Å². The lowest BCUT2D eigenvalue weighted by atomic mass is 10.1. The SMILES string of the molecule is Cc1nc(O)c(N=Nc2ccc(C(=O)Nc3cc(C)c(N=Nc4ccc5ccccc5c4)cc3C)cc2)c(O)n1. The standard InChI is InChI=1S/C30H25N7O3/c1-17-15-26(36-35-24-13-8-20-6-4-5-7-22(20)16-24)18(2)14-25(17)33-28(38)21-9-11-23(12-10-21)34-37-27-29(39)31-19(3)32-30(27)40/h4-16H,1-3H3,(H,33,38)(H2,31,32,39,40). The van der Waals surface area contributed by atoms with Crippen LogP contribution in [-0.4, -0.2) is 26.1 Å². The highest BCUT2D eigenvalue weighted by Crippen LogP contribution is 2.34. The van der Waals surface area contributed by atoms with Crippen LogP contribution in [0.3, 0.4) is 0 Å². The van der Waals surface area contributed by atoms with Crippen LogP contribution in [0.15, 0.2) is 99.3 Å². The molecule has 4 aromatic carbocycles. The van der Waals surface area contributed by atoms with Crippen LogP contribution in [0.25, 0.3) is 10.8 Å². The molecule has 0 atom stereocenters. The van der Waals surface area contributed by atoms with Gasteiger partial charge in [0.05, 0.1) is 17.1 Å². The third-order valence-electron chi connectivity index (χ3n) is 6.15. The Morgan fingerprint density at radius 2 is 1.35 bits per heavy atom. The quantitative estimate of drug-likeness (QED) is 0.190. The normalized spacial score (nSPS) is 11.5. The summed E-state index contributed by atoms with van der Waals surface area (Å²) in [6, 6.07) is 24.2. The molecule has 3 N–H and O–H groups in total. The van der Waals surface area contributed by atoms with Crippen LogP contribution in [0.4, 0.5) is 28.4 Å². The highest BCUT2D eigenvalue weighted by atomic mass is 16.3. The van der Waals surface area contributed by atoms with E-state index in [-0.39, 0.29) is 17.4 Å². The molecule has 40 heavy (non-hydrogen) atoms. The van der Waals surface area contributed by atoms with Crippen molar-refractivity contribution < 1.29 is 15.0 Å². The van der Waals surface area contributed by atoms with Gasteiger partial charge in [0.1, 0.15) is 5.82 Å². The number of aryl methyl sites for hydroxylation is 3. The number of rotatable bonds is 6. The van der Waals surface area contributed by atoms with Crippen LogP contribution < -0.4 is 5.32 Å². The van der Waals surface area contributed by atoms with E-state index in [4.69, 9.17) is 0 Å². The lowest BCUT2D eigenvalue weighted by Gasteiger charge is -2.11. The number of carbonyl (C=O) groups excluding carboxylic acids is 1. The Kier molecular flexibility index (Phi) is 7.23. The number of amides is 1. The summed E-state index contributed by atoms with van der Waals surface area (Å²) in [6.45, 7) is 5.34. The van der Waals surface area contributed by atoms with E-state index in [1.54, 1.807) is 24.3 Å². The van der Waals surface area contributed by atoms with Crippen LogP contribution in [0.1, 0.15) is 27.3 Å². The third-order valence-corrected chi connectivity index (χ3v) is 6.15. The molecule has 0 spiro atoms. The molecule has 0 aliphatic carbocycles. The maximum Gasteiger partial charge on any atom is 0.255 e. The van der Waals surface area contributed by atoms with Gasteiger partial charge >= 0.3 is 0 Å². The summed E-state index contributed by atoms with van der Waals surface area (Å²) in [5, 5.41) is 41.5. The highest BCUT2D eigenvalue weighted by Gasteiger charge is 2.12. The van der Waals surface area contributed by atoms with Gasteiger partial charge in [-0.15, -0.1) is 5.11 Å². The van der Waals surface area contributed by atoms with Crippen molar-refractivity contribution in [1.82, 2.24) is 9.97 Å². The first-order valence-corrected chi connectivity index (χ1v) is 12.4. The van der Waals surface area contributed by atoms with Gasteiger partial charge in [0.2, 0.25) is 17.4 Å². The highest BCUT2D eigenvalue weighted by molar-refractivity contribution is 6.05. The number of aromatic hydroxyl groups is 2. The summed E-state index contributed by atoms with van der Waals surface area (Å²) in [4.78, 5) is 20.4. The summed E-state index contributed by atoms with van der Waals surface area (Å²) < 4.78 is 0.